The molecular formula is C8H11FN2O. The number of nitrogens with zero attached hydrogens (tertiary/aromatic N) is 1. The van der Waals surface area contributed by atoms with Crippen LogP contribution in [0.15, 0.2) is 18.5 Å². The van der Waals surface area contributed by atoms with Crippen LogP contribution in [0.3, 0.4) is 0 Å². The first kappa shape index (κ1) is 9.09. The van der Waals surface area contributed by atoms with E-state index in [1.54, 1.807) is 6.20 Å². The molecular weight excluding hydrogens is 159 g/mol. The molecule has 4 heteroatoms. The maximum Gasteiger partial charge on any atom is 0.141 e. The molecule has 0 aromatic carbocycles. The van der Waals surface area contributed by atoms with E-state index in [4.69, 9.17) is 10.5 Å². The molecule has 1 aromatic heterocycles. The quantitative estimate of drug-likeness (QED) is 0.676. The van der Waals surface area contributed by atoms with Gasteiger partial charge in [0.1, 0.15) is 5.82 Å². The highest BCUT2D eigenvalue weighted by Gasteiger charge is 1.95. The number of rotatable bonds is 4. The molecule has 0 spiro atoms. The Balaban J connectivity index is 2.41. The fourth-order valence-electron chi connectivity index (χ4n) is 0.808. The van der Waals surface area contributed by atoms with Gasteiger partial charge in [-0.25, -0.2) is 4.39 Å². The Bertz CT molecular complexity index is 242. The number of hydrogen-bond donors (Lipinski definition) is 1. The predicted molar refractivity (Wildman–Crippen MR) is 42.9 cm³/mol. The molecule has 1 aromatic rings. The molecule has 1 heterocycles. The highest BCUT2D eigenvalue weighted by atomic mass is 19.1. The third-order valence-corrected chi connectivity index (χ3v) is 1.29. The first-order valence-electron chi connectivity index (χ1n) is 3.70. The van der Waals surface area contributed by atoms with Crippen molar-refractivity contribution in [2.24, 2.45) is 5.73 Å². The summed E-state index contributed by atoms with van der Waals surface area (Å²) >= 11 is 0. The van der Waals surface area contributed by atoms with E-state index in [-0.39, 0.29) is 5.82 Å². The molecule has 0 radical (unpaired) electrons. The zero-order chi connectivity index (χ0) is 8.81. The summed E-state index contributed by atoms with van der Waals surface area (Å²) in [5.74, 6) is -0.344. The second-order valence-electron chi connectivity index (χ2n) is 2.35. The molecule has 2 N–H and O–H groups in total. The number of pyridine rings is 1. The lowest BCUT2D eigenvalue weighted by Crippen LogP contribution is -2.08. The van der Waals surface area contributed by atoms with Crippen molar-refractivity contribution in [3.63, 3.8) is 0 Å². The normalized spacial score (nSPS) is 10.2. The summed E-state index contributed by atoms with van der Waals surface area (Å²) in [6.45, 7) is 1.32. The number of aromatic nitrogens is 1. The summed E-state index contributed by atoms with van der Waals surface area (Å²) in [5.41, 5.74) is 5.93. The van der Waals surface area contributed by atoms with Crippen LogP contribution in [0.2, 0.25) is 0 Å². The number of halogens is 1. The lowest BCUT2D eigenvalue weighted by molar-refractivity contribution is 0.127. The first-order valence-corrected chi connectivity index (χ1v) is 3.70. The fraction of sp³-hybridized carbons (Fsp3) is 0.375. The summed E-state index contributed by atoms with van der Waals surface area (Å²) in [6.07, 6.45) is 2.73. The number of nitrogens with two attached hydrogens (primary N) is 1. The summed E-state index contributed by atoms with van der Waals surface area (Å²) < 4.78 is 17.6. The van der Waals surface area contributed by atoms with Crippen LogP contribution in [0.5, 0.6) is 0 Å². The van der Waals surface area contributed by atoms with Crippen molar-refractivity contribution < 1.29 is 9.13 Å². The van der Waals surface area contributed by atoms with E-state index in [0.717, 1.165) is 11.8 Å². The van der Waals surface area contributed by atoms with Gasteiger partial charge in [0.2, 0.25) is 0 Å². The van der Waals surface area contributed by atoms with E-state index in [0.29, 0.717) is 19.8 Å². The highest BCUT2D eigenvalue weighted by Crippen LogP contribution is 2.01. The Morgan fingerprint density at radius 3 is 3.00 bits per heavy atom. The zero-order valence-corrected chi connectivity index (χ0v) is 6.66. The van der Waals surface area contributed by atoms with E-state index in [1.807, 2.05) is 0 Å². The molecule has 0 aliphatic heterocycles. The summed E-state index contributed by atoms with van der Waals surface area (Å²) in [5, 5.41) is 0. The van der Waals surface area contributed by atoms with Gasteiger partial charge in [0.05, 0.1) is 19.4 Å². The maximum absolute atomic E-state index is 12.5. The van der Waals surface area contributed by atoms with Crippen LogP contribution in [0.25, 0.3) is 0 Å². The van der Waals surface area contributed by atoms with E-state index in [2.05, 4.69) is 4.98 Å². The van der Waals surface area contributed by atoms with Crippen LogP contribution in [-0.2, 0) is 11.3 Å². The van der Waals surface area contributed by atoms with Gasteiger partial charge in [-0.05, 0) is 11.6 Å². The second kappa shape index (κ2) is 4.79. The van der Waals surface area contributed by atoms with Crippen molar-refractivity contribution in [2.75, 3.05) is 13.2 Å². The molecule has 66 valence electrons. The lowest BCUT2D eigenvalue weighted by atomic mass is 10.3. The van der Waals surface area contributed by atoms with Gasteiger partial charge in [-0.1, -0.05) is 0 Å². The van der Waals surface area contributed by atoms with Gasteiger partial charge in [-0.2, -0.15) is 0 Å². The largest absolute Gasteiger partial charge is 0.375 e. The van der Waals surface area contributed by atoms with Crippen LogP contribution < -0.4 is 5.73 Å². The van der Waals surface area contributed by atoms with Gasteiger partial charge < -0.3 is 10.5 Å². The van der Waals surface area contributed by atoms with Crippen molar-refractivity contribution in [3.05, 3.63) is 29.8 Å². The first-order chi connectivity index (χ1) is 5.83. The molecule has 0 aliphatic rings. The molecule has 0 saturated carbocycles. The van der Waals surface area contributed by atoms with Gasteiger partial charge in [0, 0.05) is 12.7 Å². The smallest absolute Gasteiger partial charge is 0.141 e. The molecule has 0 fully saturated rings. The molecule has 0 unspecified atom stereocenters. The van der Waals surface area contributed by atoms with Crippen molar-refractivity contribution in [1.29, 1.82) is 0 Å². The molecule has 12 heavy (non-hydrogen) atoms. The van der Waals surface area contributed by atoms with Crippen LogP contribution in [0.4, 0.5) is 4.39 Å². The molecule has 0 saturated heterocycles. The standard InChI is InChI=1S/C8H11FN2O/c9-8-3-7(4-11-5-8)6-12-2-1-10/h3-5H,1-2,6,10H2. The van der Waals surface area contributed by atoms with E-state index in [9.17, 15) is 4.39 Å². The Hall–Kier alpha value is -1.00. The van der Waals surface area contributed by atoms with Gasteiger partial charge in [-0.3, -0.25) is 4.98 Å². The highest BCUT2D eigenvalue weighted by molar-refractivity contribution is 5.08. The summed E-state index contributed by atoms with van der Waals surface area (Å²) in [6, 6.07) is 1.39. The van der Waals surface area contributed by atoms with Gasteiger partial charge in [-0.15, -0.1) is 0 Å². The Kier molecular flexibility index (Phi) is 3.63. The maximum atomic E-state index is 12.5. The monoisotopic (exact) mass is 170 g/mol. The Labute approximate surface area is 70.4 Å². The van der Waals surface area contributed by atoms with Gasteiger partial charge >= 0.3 is 0 Å². The Morgan fingerprint density at radius 2 is 2.33 bits per heavy atom. The second-order valence-corrected chi connectivity index (χ2v) is 2.35. The molecule has 0 bridgehead atoms. The molecule has 1 rings (SSSR count). The average molecular weight is 170 g/mol. The van der Waals surface area contributed by atoms with Gasteiger partial charge in [0.15, 0.2) is 0 Å². The topological polar surface area (TPSA) is 48.1 Å². The molecule has 3 nitrogen and oxygen atoms in total. The van der Waals surface area contributed by atoms with Crippen LogP contribution in [-0.4, -0.2) is 18.1 Å². The van der Waals surface area contributed by atoms with Crippen LogP contribution >= 0.6 is 0 Å². The lowest BCUT2D eigenvalue weighted by Gasteiger charge is -2.01. The molecule has 0 atom stereocenters. The number of hydrogen-bond acceptors (Lipinski definition) is 3. The van der Waals surface area contributed by atoms with Crippen molar-refractivity contribution in [2.45, 2.75) is 6.61 Å². The van der Waals surface area contributed by atoms with Gasteiger partial charge in [0.25, 0.3) is 0 Å². The van der Waals surface area contributed by atoms with Crippen molar-refractivity contribution in [3.8, 4) is 0 Å². The minimum Gasteiger partial charge on any atom is -0.375 e. The minimum atomic E-state index is -0.344. The zero-order valence-electron chi connectivity index (χ0n) is 6.66. The van der Waals surface area contributed by atoms with E-state index < -0.39 is 0 Å². The number of ether oxygens (including phenoxy) is 1. The third-order valence-electron chi connectivity index (χ3n) is 1.29. The summed E-state index contributed by atoms with van der Waals surface area (Å²) in [4.78, 5) is 3.68. The minimum absolute atomic E-state index is 0.344. The van der Waals surface area contributed by atoms with E-state index >= 15 is 0 Å². The van der Waals surface area contributed by atoms with Crippen LogP contribution in [0.1, 0.15) is 5.56 Å². The fourth-order valence-corrected chi connectivity index (χ4v) is 0.808. The van der Waals surface area contributed by atoms with Crippen LogP contribution in [0, 0.1) is 5.82 Å². The predicted octanol–water partition coefficient (Wildman–Crippen LogP) is 0.696. The third kappa shape index (κ3) is 2.94. The van der Waals surface area contributed by atoms with Crippen molar-refractivity contribution in [1.82, 2.24) is 4.98 Å². The Morgan fingerprint density at radius 1 is 1.50 bits per heavy atom. The molecule has 0 aliphatic carbocycles. The van der Waals surface area contributed by atoms with E-state index in [1.165, 1.54) is 6.07 Å². The summed E-state index contributed by atoms with van der Waals surface area (Å²) in [7, 11) is 0. The average Bonchev–Trinajstić information content (AvgIpc) is 2.05. The van der Waals surface area contributed by atoms with Crippen molar-refractivity contribution >= 4 is 0 Å². The SMILES string of the molecule is NCCOCc1cncc(F)c1. The molecule has 0 amide bonds.